The lowest BCUT2D eigenvalue weighted by molar-refractivity contribution is 0.114. The van der Waals surface area contributed by atoms with Gasteiger partial charge in [-0.1, -0.05) is 6.92 Å². The maximum Gasteiger partial charge on any atom is 0.0541 e. The minimum Gasteiger partial charge on any atom is -0.396 e. The van der Waals surface area contributed by atoms with Crippen molar-refractivity contribution in [2.75, 3.05) is 13.2 Å². The third-order valence-corrected chi connectivity index (χ3v) is 2.76. The van der Waals surface area contributed by atoms with Gasteiger partial charge in [-0.15, -0.1) is 0 Å². The molecule has 3 N–H and O–H groups in total. The van der Waals surface area contributed by atoms with Gasteiger partial charge in [0, 0.05) is 19.2 Å². The zero-order valence-corrected chi connectivity index (χ0v) is 8.37. The van der Waals surface area contributed by atoms with Gasteiger partial charge in [0.2, 0.25) is 0 Å². The molecule has 0 aliphatic heterocycles. The lowest BCUT2D eigenvalue weighted by Crippen LogP contribution is -2.37. The third kappa shape index (κ3) is 4.07. The van der Waals surface area contributed by atoms with Crippen molar-refractivity contribution in [3.8, 4) is 0 Å². The number of nitrogens with one attached hydrogen (secondary N) is 1. The van der Waals surface area contributed by atoms with E-state index in [9.17, 15) is 5.11 Å². The van der Waals surface area contributed by atoms with Gasteiger partial charge in [-0.05, 0) is 31.6 Å². The summed E-state index contributed by atoms with van der Waals surface area (Å²) in [7, 11) is 0. The summed E-state index contributed by atoms with van der Waals surface area (Å²) in [6, 6.07) is 0.553. The van der Waals surface area contributed by atoms with Gasteiger partial charge in [-0.3, -0.25) is 0 Å². The van der Waals surface area contributed by atoms with Crippen LogP contribution in [0.2, 0.25) is 0 Å². The van der Waals surface area contributed by atoms with E-state index in [-0.39, 0.29) is 12.7 Å². The van der Waals surface area contributed by atoms with Crippen LogP contribution in [0, 0.1) is 5.92 Å². The molecule has 1 atom stereocenters. The summed E-state index contributed by atoms with van der Waals surface area (Å²) in [5.41, 5.74) is 0. The molecule has 78 valence electrons. The molecule has 0 aromatic rings. The van der Waals surface area contributed by atoms with E-state index in [1.165, 1.54) is 0 Å². The van der Waals surface area contributed by atoms with Gasteiger partial charge in [-0.25, -0.2) is 0 Å². The summed E-state index contributed by atoms with van der Waals surface area (Å²) >= 11 is 0. The second kappa shape index (κ2) is 5.58. The quantitative estimate of drug-likeness (QED) is 0.601. The number of rotatable bonds is 4. The topological polar surface area (TPSA) is 52.5 Å². The molecule has 13 heavy (non-hydrogen) atoms. The van der Waals surface area contributed by atoms with E-state index >= 15 is 0 Å². The lowest BCUT2D eigenvalue weighted by atomic mass is 9.93. The molecule has 0 aromatic heterocycles. The Morgan fingerprint density at radius 1 is 1.31 bits per heavy atom. The second-order valence-electron chi connectivity index (χ2n) is 4.20. The molecule has 0 radical (unpaired) electrons. The Hall–Kier alpha value is -0.120. The van der Waals surface area contributed by atoms with Crippen molar-refractivity contribution < 1.29 is 10.2 Å². The Morgan fingerprint density at radius 2 is 1.92 bits per heavy atom. The van der Waals surface area contributed by atoms with Crippen molar-refractivity contribution in [2.24, 2.45) is 5.92 Å². The predicted octanol–water partition coefficient (Wildman–Crippen LogP) is 0.508. The van der Waals surface area contributed by atoms with Gasteiger partial charge in [0.1, 0.15) is 0 Å². The lowest BCUT2D eigenvalue weighted by Gasteiger charge is -2.27. The fraction of sp³-hybridized carbons (Fsp3) is 1.00. The summed E-state index contributed by atoms with van der Waals surface area (Å²) in [5.74, 6) is 0.340. The van der Waals surface area contributed by atoms with Crippen molar-refractivity contribution in [1.29, 1.82) is 0 Å². The smallest absolute Gasteiger partial charge is 0.0541 e. The van der Waals surface area contributed by atoms with Crippen LogP contribution in [0.5, 0.6) is 0 Å². The normalized spacial score (nSPS) is 31.6. The van der Waals surface area contributed by atoms with Gasteiger partial charge in [0.15, 0.2) is 0 Å². The second-order valence-corrected chi connectivity index (χ2v) is 4.20. The fourth-order valence-electron chi connectivity index (χ4n) is 1.71. The van der Waals surface area contributed by atoms with Gasteiger partial charge >= 0.3 is 0 Å². The van der Waals surface area contributed by atoms with Gasteiger partial charge in [0.05, 0.1) is 6.10 Å². The van der Waals surface area contributed by atoms with E-state index in [1.54, 1.807) is 0 Å². The van der Waals surface area contributed by atoms with E-state index in [1.807, 2.05) is 6.92 Å². The highest BCUT2D eigenvalue weighted by molar-refractivity contribution is 4.76. The van der Waals surface area contributed by atoms with Crippen LogP contribution in [-0.4, -0.2) is 35.5 Å². The first kappa shape index (κ1) is 11.0. The Balaban J connectivity index is 2.08. The molecule has 3 heteroatoms. The Kier molecular flexibility index (Phi) is 4.70. The van der Waals surface area contributed by atoms with E-state index < -0.39 is 0 Å². The van der Waals surface area contributed by atoms with Crippen LogP contribution < -0.4 is 5.32 Å². The van der Waals surface area contributed by atoms with E-state index in [4.69, 9.17) is 5.11 Å². The molecule has 0 amide bonds. The minimum atomic E-state index is -0.0756. The van der Waals surface area contributed by atoms with Gasteiger partial charge in [0.25, 0.3) is 0 Å². The molecule has 0 aromatic carbocycles. The van der Waals surface area contributed by atoms with Gasteiger partial charge < -0.3 is 15.5 Å². The summed E-state index contributed by atoms with van der Waals surface area (Å²) in [4.78, 5) is 0. The highest BCUT2D eigenvalue weighted by Gasteiger charge is 2.18. The molecule has 1 aliphatic carbocycles. The molecular weight excluding hydrogens is 166 g/mol. The van der Waals surface area contributed by atoms with Crippen LogP contribution in [0.15, 0.2) is 0 Å². The standard InChI is InChI=1S/C10H21NO2/c1-8(7-12)6-11-9-2-4-10(13)5-3-9/h8-13H,2-7H2,1H3. The maximum absolute atomic E-state index is 9.28. The molecule has 3 nitrogen and oxygen atoms in total. The number of aliphatic hydroxyl groups is 2. The first-order valence-electron chi connectivity index (χ1n) is 5.24. The highest BCUT2D eigenvalue weighted by atomic mass is 16.3. The van der Waals surface area contributed by atoms with Gasteiger partial charge in [-0.2, -0.15) is 0 Å². The molecule has 1 rings (SSSR count). The summed E-state index contributed by atoms with van der Waals surface area (Å²) in [6.07, 6.45) is 3.91. The van der Waals surface area contributed by atoms with Crippen molar-refractivity contribution in [3.63, 3.8) is 0 Å². The largest absolute Gasteiger partial charge is 0.396 e. The number of hydrogen-bond donors (Lipinski definition) is 3. The van der Waals surface area contributed by atoms with Crippen LogP contribution in [-0.2, 0) is 0 Å². The molecule has 0 bridgehead atoms. The van der Waals surface area contributed by atoms with E-state index in [0.717, 1.165) is 32.2 Å². The fourth-order valence-corrected chi connectivity index (χ4v) is 1.71. The minimum absolute atomic E-state index is 0.0756. The summed E-state index contributed by atoms with van der Waals surface area (Å²) < 4.78 is 0. The number of hydrogen-bond acceptors (Lipinski definition) is 3. The molecular formula is C10H21NO2. The molecule has 1 fully saturated rings. The zero-order valence-electron chi connectivity index (χ0n) is 8.37. The Labute approximate surface area is 80.2 Å². The van der Waals surface area contributed by atoms with Crippen molar-refractivity contribution in [2.45, 2.75) is 44.8 Å². The van der Waals surface area contributed by atoms with E-state index in [0.29, 0.717) is 12.0 Å². The molecule has 0 saturated heterocycles. The van der Waals surface area contributed by atoms with Crippen LogP contribution in [0.3, 0.4) is 0 Å². The Bertz CT molecular complexity index is 133. The van der Waals surface area contributed by atoms with Crippen molar-refractivity contribution in [1.82, 2.24) is 5.32 Å². The zero-order chi connectivity index (χ0) is 9.68. The average Bonchev–Trinajstić information content (AvgIpc) is 2.16. The first-order valence-corrected chi connectivity index (χ1v) is 5.24. The summed E-state index contributed by atoms with van der Waals surface area (Å²) in [5, 5.41) is 21.5. The molecule has 1 saturated carbocycles. The molecule has 1 unspecified atom stereocenters. The van der Waals surface area contributed by atoms with Crippen molar-refractivity contribution in [3.05, 3.63) is 0 Å². The predicted molar refractivity (Wildman–Crippen MR) is 52.5 cm³/mol. The SMILES string of the molecule is CC(CO)CNC1CCC(O)CC1. The first-order chi connectivity index (χ1) is 6.22. The Morgan fingerprint density at radius 3 is 2.46 bits per heavy atom. The van der Waals surface area contributed by atoms with Crippen LogP contribution in [0.1, 0.15) is 32.6 Å². The highest BCUT2D eigenvalue weighted by Crippen LogP contribution is 2.18. The van der Waals surface area contributed by atoms with Crippen LogP contribution >= 0.6 is 0 Å². The molecule has 1 aliphatic rings. The maximum atomic E-state index is 9.28. The average molecular weight is 187 g/mol. The van der Waals surface area contributed by atoms with E-state index in [2.05, 4.69) is 5.32 Å². The molecule has 0 spiro atoms. The molecule has 0 heterocycles. The number of aliphatic hydroxyl groups excluding tert-OH is 2. The van der Waals surface area contributed by atoms with Crippen molar-refractivity contribution >= 4 is 0 Å². The van der Waals surface area contributed by atoms with Crippen LogP contribution in [0.4, 0.5) is 0 Å². The third-order valence-electron chi connectivity index (χ3n) is 2.76. The monoisotopic (exact) mass is 187 g/mol. The summed E-state index contributed by atoms with van der Waals surface area (Å²) in [6.45, 7) is 3.17. The van der Waals surface area contributed by atoms with Crippen LogP contribution in [0.25, 0.3) is 0 Å².